The van der Waals surface area contributed by atoms with Gasteiger partial charge in [0.05, 0.1) is 10.7 Å². The van der Waals surface area contributed by atoms with Crippen LogP contribution in [0.5, 0.6) is 0 Å². The molecule has 0 unspecified atom stereocenters. The molecule has 0 radical (unpaired) electrons. The fraction of sp³-hybridized carbons (Fsp3) is 0.471. The molecule has 1 saturated heterocycles. The van der Waals surface area contributed by atoms with Crippen molar-refractivity contribution >= 4 is 22.9 Å². The van der Waals surface area contributed by atoms with Crippen molar-refractivity contribution in [1.29, 1.82) is 0 Å². The standard InChI is InChI=1S/C17H21ClN2S/c1-2-15-17(13-6-8-19-9-7-13)21-16(20-15)11-12-4-3-5-14(18)10-12/h3-5,10,13,19H,2,6-9,11H2,1H3. The van der Waals surface area contributed by atoms with Crippen LogP contribution in [0.25, 0.3) is 0 Å². The maximum atomic E-state index is 6.07. The maximum Gasteiger partial charge on any atom is 0.0975 e. The third-order valence-corrected chi connectivity index (χ3v) is 5.56. The molecule has 1 fully saturated rings. The molecule has 21 heavy (non-hydrogen) atoms. The SMILES string of the molecule is CCc1nc(Cc2cccc(Cl)c2)sc1C1CCNCC1. The van der Waals surface area contributed by atoms with Gasteiger partial charge < -0.3 is 5.32 Å². The molecule has 1 aliphatic heterocycles. The lowest BCUT2D eigenvalue weighted by molar-refractivity contribution is 0.463. The highest BCUT2D eigenvalue weighted by Gasteiger charge is 2.21. The fourth-order valence-corrected chi connectivity index (χ4v) is 4.54. The molecule has 0 aliphatic carbocycles. The Bertz CT molecular complexity index is 603. The van der Waals surface area contributed by atoms with Crippen LogP contribution in [-0.2, 0) is 12.8 Å². The van der Waals surface area contributed by atoms with Crippen molar-refractivity contribution in [2.24, 2.45) is 0 Å². The molecule has 0 spiro atoms. The number of hydrogen-bond donors (Lipinski definition) is 1. The lowest BCUT2D eigenvalue weighted by atomic mass is 9.95. The van der Waals surface area contributed by atoms with Crippen molar-refractivity contribution < 1.29 is 0 Å². The van der Waals surface area contributed by atoms with E-state index in [2.05, 4.69) is 18.3 Å². The summed E-state index contributed by atoms with van der Waals surface area (Å²) in [4.78, 5) is 6.41. The molecule has 1 aromatic heterocycles. The molecule has 1 aromatic carbocycles. The predicted molar refractivity (Wildman–Crippen MR) is 90.6 cm³/mol. The van der Waals surface area contributed by atoms with E-state index >= 15 is 0 Å². The zero-order valence-electron chi connectivity index (χ0n) is 12.4. The van der Waals surface area contributed by atoms with Crippen molar-refractivity contribution in [2.45, 2.75) is 38.5 Å². The molecule has 4 heteroatoms. The van der Waals surface area contributed by atoms with Gasteiger partial charge in [-0.1, -0.05) is 30.7 Å². The molecule has 0 amide bonds. The average Bonchev–Trinajstić information content (AvgIpc) is 2.91. The van der Waals surface area contributed by atoms with Crippen LogP contribution in [0, 0.1) is 0 Å². The Hall–Kier alpha value is -0.900. The van der Waals surface area contributed by atoms with Crippen LogP contribution in [0.3, 0.4) is 0 Å². The minimum absolute atomic E-state index is 0.701. The Balaban J connectivity index is 1.81. The lowest BCUT2D eigenvalue weighted by Gasteiger charge is -2.22. The molecule has 0 atom stereocenters. The Morgan fingerprint density at radius 1 is 1.33 bits per heavy atom. The van der Waals surface area contributed by atoms with E-state index in [0.717, 1.165) is 31.0 Å². The van der Waals surface area contributed by atoms with Gasteiger partial charge in [0.2, 0.25) is 0 Å². The Morgan fingerprint density at radius 3 is 2.86 bits per heavy atom. The van der Waals surface area contributed by atoms with Crippen LogP contribution in [0.4, 0.5) is 0 Å². The Kier molecular flexibility index (Phi) is 4.94. The summed E-state index contributed by atoms with van der Waals surface area (Å²) in [7, 11) is 0. The number of piperidine rings is 1. The molecule has 2 heterocycles. The summed E-state index contributed by atoms with van der Waals surface area (Å²) in [6, 6.07) is 8.10. The first-order chi connectivity index (χ1) is 10.3. The number of nitrogens with one attached hydrogen (secondary N) is 1. The van der Waals surface area contributed by atoms with Crippen LogP contribution in [-0.4, -0.2) is 18.1 Å². The monoisotopic (exact) mass is 320 g/mol. The molecule has 2 nitrogen and oxygen atoms in total. The summed E-state index contributed by atoms with van der Waals surface area (Å²) >= 11 is 7.98. The first kappa shape index (κ1) is 15.0. The third-order valence-electron chi connectivity index (χ3n) is 4.06. The number of benzene rings is 1. The second-order valence-electron chi connectivity index (χ2n) is 5.60. The van der Waals surface area contributed by atoms with Gasteiger partial charge in [0.1, 0.15) is 0 Å². The number of rotatable bonds is 4. The molecule has 3 rings (SSSR count). The number of thiazole rings is 1. The van der Waals surface area contributed by atoms with Gasteiger partial charge in [0, 0.05) is 16.3 Å². The van der Waals surface area contributed by atoms with Crippen molar-refractivity contribution in [3.05, 3.63) is 50.4 Å². The first-order valence-electron chi connectivity index (χ1n) is 7.70. The normalized spacial score (nSPS) is 16.3. The van der Waals surface area contributed by atoms with Gasteiger partial charge >= 0.3 is 0 Å². The lowest BCUT2D eigenvalue weighted by Crippen LogP contribution is -2.26. The van der Waals surface area contributed by atoms with Gasteiger partial charge in [-0.2, -0.15) is 0 Å². The second-order valence-corrected chi connectivity index (χ2v) is 7.15. The topological polar surface area (TPSA) is 24.9 Å². The fourth-order valence-electron chi connectivity index (χ4n) is 2.97. The zero-order valence-corrected chi connectivity index (χ0v) is 13.9. The highest BCUT2D eigenvalue weighted by atomic mass is 35.5. The van der Waals surface area contributed by atoms with E-state index in [9.17, 15) is 0 Å². The van der Waals surface area contributed by atoms with E-state index in [4.69, 9.17) is 16.6 Å². The van der Waals surface area contributed by atoms with Crippen LogP contribution in [0.15, 0.2) is 24.3 Å². The van der Waals surface area contributed by atoms with Gasteiger partial charge in [-0.15, -0.1) is 11.3 Å². The van der Waals surface area contributed by atoms with E-state index in [0.29, 0.717) is 5.92 Å². The summed E-state index contributed by atoms with van der Waals surface area (Å²) in [5, 5.41) is 5.47. The van der Waals surface area contributed by atoms with Crippen LogP contribution in [0.1, 0.15) is 46.8 Å². The Morgan fingerprint density at radius 2 is 2.14 bits per heavy atom. The number of aryl methyl sites for hydroxylation is 1. The van der Waals surface area contributed by atoms with Crippen molar-refractivity contribution in [3.8, 4) is 0 Å². The quantitative estimate of drug-likeness (QED) is 0.902. The highest BCUT2D eigenvalue weighted by molar-refractivity contribution is 7.11. The zero-order chi connectivity index (χ0) is 14.7. The van der Waals surface area contributed by atoms with E-state index in [1.165, 1.54) is 34.0 Å². The van der Waals surface area contributed by atoms with E-state index < -0.39 is 0 Å². The molecule has 2 aromatic rings. The number of aromatic nitrogens is 1. The van der Waals surface area contributed by atoms with Crippen molar-refractivity contribution in [2.75, 3.05) is 13.1 Å². The van der Waals surface area contributed by atoms with Gasteiger partial charge in [-0.05, 0) is 56.0 Å². The summed E-state index contributed by atoms with van der Waals surface area (Å²) < 4.78 is 0. The molecule has 0 saturated carbocycles. The first-order valence-corrected chi connectivity index (χ1v) is 8.89. The third kappa shape index (κ3) is 3.65. The highest BCUT2D eigenvalue weighted by Crippen LogP contribution is 2.34. The van der Waals surface area contributed by atoms with E-state index in [-0.39, 0.29) is 0 Å². The van der Waals surface area contributed by atoms with Crippen LogP contribution >= 0.6 is 22.9 Å². The molecular formula is C17H21ClN2S. The van der Waals surface area contributed by atoms with Gasteiger partial charge in [-0.3, -0.25) is 0 Å². The number of nitrogens with zero attached hydrogens (tertiary/aromatic N) is 1. The van der Waals surface area contributed by atoms with Crippen LogP contribution < -0.4 is 5.32 Å². The van der Waals surface area contributed by atoms with Crippen molar-refractivity contribution in [3.63, 3.8) is 0 Å². The number of hydrogen-bond acceptors (Lipinski definition) is 3. The molecule has 112 valence electrons. The maximum absolute atomic E-state index is 6.07. The molecule has 0 bridgehead atoms. The van der Waals surface area contributed by atoms with E-state index in [1.54, 1.807) is 0 Å². The number of halogens is 1. The van der Waals surface area contributed by atoms with Gasteiger partial charge in [-0.25, -0.2) is 4.98 Å². The molecular weight excluding hydrogens is 300 g/mol. The van der Waals surface area contributed by atoms with Crippen LogP contribution in [0.2, 0.25) is 5.02 Å². The summed E-state index contributed by atoms with van der Waals surface area (Å²) in [5.74, 6) is 0.701. The van der Waals surface area contributed by atoms with Crippen molar-refractivity contribution in [1.82, 2.24) is 10.3 Å². The average molecular weight is 321 g/mol. The smallest absolute Gasteiger partial charge is 0.0975 e. The summed E-state index contributed by atoms with van der Waals surface area (Å²) in [5.41, 5.74) is 2.56. The summed E-state index contributed by atoms with van der Waals surface area (Å²) in [6.07, 6.45) is 4.41. The molecule has 1 N–H and O–H groups in total. The van der Waals surface area contributed by atoms with Gasteiger partial charge in [0.15, 0.2) is 0 Å². The predicted octanol–water partition coefficient (Wildman–Crippen LogP) is 4.42. The Labute approximate surface area is 135 Å². The van der Waals surface area contributed by atoms with E-state index in [1.807, 2.05) is 29.5 Å². The summed E-state index contributed by atoms with van der Waals surface area (Å²) in [6.45, 7) is 4.48. The minimum atomic E-state index is 0.701. The second kappa shape index (κ2) is 6.91. The minimum Gasteiger partial charge on any atom is -0.317 e. The molecule has 1 aliphatic rings. The van der Waals surface area contributed by atoms with Gasteiger partial charge in [0.25, 0.3) is 0 Å². The largest absolute Gasteiger partial charge is 0.317 e.